The lowest BCUT2D eigenvalue weighted by Crippen LogP contribution is -2.18. The highest BCUT2D eigenvalue weighted by molar-refractivity contribution is 5.20. The molecule has 0 atom stereocenters. The summed E-state index contributed by atoms with van der Waals surface area (Å²) in [6.45, 7) is -0.623. The predicted molar refractivity (Wildman–Crippen MR) is 43.9 cm³/mol. The average Bonchev–Trinajstić information content (AvgIpc) is 2.13. The molecule has 0 heterocycles. The van der Waals surface area contributed by atoms with Gasteiger partial charge < -0.3 is 4.74 Å². The van der Waals surface area contributed by atoms with Crippen molar-refractivity contribution < 1.29 is 22.6 Å². The molecule has 14 heavy (non-hydrogen) atoms. The third-order valence-corrected chi connectivity index (χ3v) is 1.36. The van der Waals surface area contributed by atoms with Crippen LogP contribution in [0.5, 0.6) is 5.75 Å². The Morgan fingerprint density at radius 1 is 1.00 bits per heavy atom. The zero-order valence-electron chi connectivity index (χ0n) is 7.25. The Hall–Kier alpha value is -1.23. The van der Waals surface area contributed by atoms with Crippen molar-refractivity contribution in [1.82, 2.24) is 0 Å². The second-order valence-corrected chi connectivity index (χ2v) is 2.46. The van der Waals surface area contributed by atoms with Crippen LogP contribution >= 0.6 is 0 Å². The Balaban J connectivity index is 2.17. The van der Waals surface area contributed by atoms with Gasteiger partial charge in [0.05, 0.1) is 6.61 Å². The Kier molecular flexibility index (Phi) is 3.76. The number of hydrogen-bond donors (Lipinski definition) is 0. The molecule has 0 unspecified atom stereocenters. The fourth-order valence-electron chi connectivity index (χ4n) is 0.834. The van der Waals surface area contributed by atoms with E-state index in [0.29, 0.717) is 5.75 Å². The topological polar surface area (TPSA) is 18.5 Å². The standard InChI is InChI=1S/C9H9F3O2/c10-9(11,12)14-7-6-13-8-4-2-1-3-5-8/h1-5H,6-7H2. The van der Waals surface area contributed by atoms with Crippen molar-refractivity contribution in [3.8, 4) is 5.75 Å². The summed E-state index contributed by atoms with van der Waals surface area (Å²) in [5.41, 5.74) is 0. The second-order valence-electron chi connectivity index (χ2n) is 2.46. The largest absolute Gasteiger partial charge is 0.522 e. The molecule has 0 saturated heterocycles. The molecular weight excluding hydrogens is 197 g/mol. The summed E-state index contributed by atoms with van der Waals surface area (Å²) in [6, 6.07) is 8.58. The molecule has 0 aliphatic rings. The first kappa shape index (κ1) is 10.8. The maximum Gasteiger partial charge on any atom is 0.522 e. The molecular formula is C9H9F3O2. The summed E-state index contributed by atoms with van der Waals surface area (Å²) in [6.07, 6.45) is -4.58. The maximum atomic E-state index is 11.5. The molecule has 0 aromatic heterocycles. The molecule has 0 fully saturated rings. The smallest absolute Gasteiger partial charge is 0.491 e. The Morgan fingerprint density at radius 2 is 1.64 bits per heavy atom. The molecule has 1 rings (SSSR count). The van der Waals surface area contributed by atoms with Crippen LogP contribution < -0.4 is 4.74 Å². The SMILES string of the molecule is FC(F)(F)OCCOc1ccccc1. The normalized spacial score (nSPS) is 11.4. The monoisotopic (exact) mass is 206 g/mol. The lowest BCUT2D eigenvalue weighted by atomic mass is 10.3. The van der Waals surface area contributed by atoms with E-state index in [1.165, 1.54) is 0 Å². The first-order valence-corrected chi connectivity index (χ1v) is 3.96. The highest BCUT2D eigenvalue weighted by atomic mass is 19.4. The van der Waals surface area contributed by atoms with Crippen molar-refractivity contribution in [2.75, 3.05) is 13.2 Å². The van der Waals surface area contributed by atoms with Crippen molar-refractivity contribution in [3.63, 3.8) is 0 Å². The zero-order valence-corrected chi connectivity index (χ0v) is 7.25. The highest BCUT2D eigenvalue weighted by Gasteiger charge is 2.28. The van der Waals surface area contributed by atoms with E-state index in [-0.39, 0.29) is 6.61 Å². The molecule has 0 aliphatic heterocycles. The summed E-state index contributed by atoms with van der Waals surface area (Å²) < 4.78 is 43.0. The molecule has 0 saturated carbocycles. The van der Waals surface area contributed by atoms with E-state index in [2.05, 4.69) is 4.74 Å². The van der Waals surface area contributed by atoms with Crippen LogP contribution in [0.1, 0.15) is 0 Å². The van der Waals surface area contributed by atoms with Crippen LogP contribution in [0.4, 0.5) is 13.2 Å². The minimum Gasteiger partial charge on any atom is -0.491 e. The van der Waals surface area contributed by atoms with Crippen molar-refractivity contribution in [2.45, 2.75) is 6.36 Å². The van der Waals surface area contributed by atoms with Gasteiger partial charge in [0, 0.05) is 0 Å². The lowest BCUT2D eigenvalue weighted by Gasteiger charge is -2.08. The van der Waals surface area contributed by atoms with E-state index in [0.717, 1.165) is 0 Å². The van der Waals surface area contributed by atoms with Crippen LogP contribution in [0.2, 0.25) is 0 Å². The third-order valence-electron chi connectivity index (χ3n) is 1.36. The molecule has 0 spiro atoms. The molecule has 78 valence electrons. The van der Waals surface area contributed by atoms with Crippen LogP contribution in [0.3, 0.4) is 0 Å². The maximum absolute atomic E-state index is 11.5. The van der Waals surface area contributed by atoms with Gasteiger partial charge in [-0.1, -0.05) is 18.2 Å². The molecule has 0 radical (unpaired) electrons. The number of hydrogen-bond acceptors (Lipinski definition) is 2. The van der Waals surface area contributed by atoms with Crippen LogP contribution in [0.15, 0.2) is 30.3 Å². The van der Waals surface area contributed by atoms with E-state index in [4.69, 9.17) is 4.74 Å². The van der Waals surface area contributed by atoms with Gasteiger partial charge in [0.15, 0.2) is 0 Å². The van der Waals surface area contributed by atoms with Gasteiger partial charge >= 0.3 is 6.36 Å². The molecule has 0 bridgehead atoms. The van der Waals surface area contributed by atoms with Crippen LogP contribution in [0.25, 0.3) is 0 Å². The highest BCUT2D eigenvalue weighted by Crippen LogP contribution is 2.15. The van der Waals surface area contributed by atoms with Gasteiger partial charge in [-0.05, 0) is 12.1 Å². The van der Waals surface area contributed by atoms with Crippen molar-refractivity contribution in [2.24, 2.45) is 0 Å². The Labute approximate surface area is 79.2 Å². The van der Waals surface area contributed by atoms with Crippen molar-refractivity contribution >= 4 is 0 Å². The number of rotatable bonds is 4. The van der Waals surface area contributed by atoms with E-state index in [1.807, 2.05) is 0 Å². The average molecular weight is 206 g/mol. The Morgan fingerprint density at radius 3 is 2.21 bits per heavy atom. The summed E-state index contributed by atoms with van der Waals surface area (Å²) in [4.78, 5) is 0. The van der Waals surface area contributed by atoms with E-state index in [9.17, 15) is 13.2 Å². The van der Waals surface area contributed by atoms with Crippen LogP contribution in [0, 0.1) is 0 Å². The summed E-state index contributed by atoms with van der Waals surface area (Å²) in [5.74, 6) is 0.526. The van der Waals surface area contributed by atoms with Crippen LogP contribution in [-0.2, 0) is 4.74 Å². The van der Waals surface area contributed by atoms with Gasteiger partial charge in [-0.15, -0.1) is 13.2 Å². The zero-order chi connectivity index (χ0) is 10.4. The first-order chi connectivity index (χ1) is 6.58. The van der Waals surface area contributed by atoms with Crippen molar-refractivity contribution in [3.05, 3.63) is 30.3 Å². The van der Waals surface area contributed by atoms with Gasteiger partial charge in [0.2, 0.25) is 0 Å². The summed E-state index contributed by atoms with van der Waals surface area (Å²) in [5, 5.41) is 0. The van der Waals surface area contributed by atoms with Gasteiger partial charge in [0.1, 0.15) is 12.4 Å². The van der Waals surface area contributed by atoms with E-state index in [1.54, 1.807) is 30.3 Å². The van der Waals surface area contributed by atoms with E-state index < -0.39 is 13.0 Å². The van der Waals surface area contributed by atoms with Gasteiger partial charge in [-0.25, -0.2) is 0 Å². The third kappa shape index (κ3) is 4.71. The quantitative estimate of drug-likeness (QED) is 0.705. The second kappa shape index (κ2) is 4.85. The Bertz CT molecular complexity index is 259. The summed E-state index contributed by atoms with van der Waals surface area (Å²) >= 11 is 0. The van der Waals surface area contributed by atoms with Crippen LogP contribution in [-0.4, -0.2) is 19.6 Å². The number of alkyl halides is 3. The minimum absolute atomic E-state index is 0.122. The molecule has 2 nitrogen and oxygen atoms in total. The fourth-order valence-corrected chi connectivity index (χ4v) is 0.834. The number of ether oxygens (including phenoxy) is 2. The molecule has 1 aromatic rings. The summed E-state index contributed by atoms with van der Waals surface area (Å²) in [7, 11) is 0. The predicted octanol–water partition coefficient (Wildman–Crippen LogP) is 2.60. The van der Waals surface area contributed by atoms with Gasteiger partial charge in [-0.3, -0.25) is 4.74 Å². The van der Waals surface area contributed by atoms with Gasteiger partial charge in [-0.2, -0.15) is 0 Å². The lowest BCUT2D eigenvalue weighted by molar-refractivity contribution is -0.325. The first-order valence-electron chi connectivity index (χ1n) is 3.96. The molecule has 0 aliphatic carbocycles. The number of benzene rings is 1. The fraction of sp³-hybridized carbons (Fsp3) is 0.333. The number of halogens is 3. The van der Waals surface area contributed by atoms with Crippen molar-refractivity contribution in [1.29, 1.82) is 0 Å². The molecule has 0 N–H and O–H groups in total. The molecule has 0 amide bonds. The molecule has 1 aromatic carbocycles. The minimum atomic E-state index is -4.58. The molecule has 5 heteroatoms. The van der Waals surface area contributed by atoms with Gasteiger partial charge in [0.25, 0.3) is 0 Å². The van der Waals surface area contributed by atoms with E-state index >= 15 is 0 Å². The number of para-hydroxylation sites is 1.